The average Bonchev–Trinajstić information content (AvgIpc) is 2.80. The first-order valence-electron chi connectivity index (χ1n) is 8.35. The van der Waals surface area contributed by atoms with Crippen molar-refractivity contribution in [3.8, 4) is 5.69 Å². The summed E-state index contributed by atoms with van der Waals surface area (Å²) in [4.78, 5) is 12.2. The van der Waals surface area contributed by atoms with Crippen LogP contribution in [0.1, 0.15) is 37.7 Å². The number of aryl methyl sites for hydroxylation is 1. The fourth-order valence-corrected chi connectivity index (χ4v) is 2.50. The summed E-state index contributed by atoms with van der Waals surface area (Å²) in [6, 6.07) is 6.06. The van der Waals surface area contributed by atoms with E-state index in [9.17, 15) is 14.3 Å². The largest absolute Gasteiger partial charge is 0.391 e. The molecular weight excluding hydrogens is 321 g/mol. The normalized spacial score (nSPS) is 12.9. The van der Waals surface area contributed by atoms with E-state index >= 15 is 0 Å². The lowest BCUT2D eigenvalue weighted by Crippen LogP contribution is -2.39. The standard InChI is InChI=1S/C19H26FN3O2/c1-12-16(10-18(25)21-11-17(24)19(3,4)5)13(2)23(22-12)15-8-6-14(20)7-9-15/h6-9,17,24H,10-11H2,1-5H3,(H,21,25). The number of benzene rings is 1. The molecule has 0 bridgehead atoms. The van der Waals surface area contributed by atoms with Gasteiger partial charge in [0.15, 0.2) is 0 Å². The van der Waals surface area contributed by atoms with Gasteiger partial charge in [-0.05, 0) is 43.5 Å². The maximum atomic E-state index is 13.1. The van der Waals surface area contributed by atoms with Crippen LogP contribution in [0, 0.1) is 25.1 Å². The number of halogens is 1. The average molecular weight is 347 g/mol. The molecule has 136 valence electrons. The third-order valence-electron chi connectivity index (χ3n) is 4.34. The van der Waals surface area contributed by atoms with Gasteiger partial charge in [0.05, 0.1) is 23.9 Å². The molecule has 6 heteroatoms. The van der Waals surface area contributed by atoms with Crippen molar-refractivity contribution in [2.75, 3.05) is 6.54 Å². The van der Waals surface area contributed by atoms with Gasteiger partial charge in [-0.1, -0.05) is 20.8 Å². The number of hydrogen-bond acceptors (Lipinski definition) is 3. The first-order chi connectivity index (χ1) is 11.6. The lowest BCUT2D eigenvalue weighted by molar-refractivity contribution is -0.121. The van der Waals surface area contributed by atoms with Crippen LogP contribution in [-0.2, 0) is 11.2 Å². The summed E-state index contributed by atoms with van der Waals surface area (Å²) in [5.41, 5.74) is 2.90. The molecule has 2 rings (SSSR count). The highest BCUT2D eigenvalue weighted by molar-refractivity contribution is 5.79. The number of amides is 1. The molecule has 0 saturated carbocycles. The Balaban J connectivity index is 2.10. The third kappa shape index (κ3) is 4.66. The predicted octanol–water partition coefficient (Wildman–Crippen LogP) is 2.69. The number of aromatic nitrogens is 2. The summed E-state index contributed by atoms with van der Waals surface area (Å²) in [6.45, 7) is 9.71. The van der Waals surface area contributed by atoms with E-state index in [0.29, 0.717) is 0 Å². The molecule has 2 N–H and O–H groups in total. The number of carbonyl (C=O) groups is 1. The quantitative estimate of drug-likeness (QED) is 0.874. The molecule has 25 heavy (non-hydrogen) atoms. The van der Waals surface area contributed by atoms with Crippen LogP contribution in [-0.4, -0.2) is 33.4 Å². The van der Waals surface area contributed by atoms with E-state index in [1.165, 1.54) is 12.1 Å². The van der Waals surface area contributed by atoms with Gasteiger partial charge in [-0.15, -0.1) is 0 Å². The van der Waals surface area contributed by atoms with Crippen molar-refractivity contribution in [2.24, 2.45) is 5.41 Å². The second-order valence-corrected chi connectivity index (χ2v) is 7.40. The van der Waals surface area contributed by atoms with E-state index in [1.54, 1.807) is 16.8 Å². The molecule has 2 aromatic rings. The van der Waals surface area contributed by atoms with Crippen molar-refractivity contribution in [3.05, 3.63) is 47.0 Å². The van der Waals surface area contributed by atoms with Gasteiger partial charge in [0.25, 0.3) is 0 Å². The summed E-state index contributed by atoms with van der Waals surface area (Å²) >= 11 is 0. The molecule has 0 aliphatic rings. The van der Waals surface area contributed by atoms with Crippen molar-refractivity contribution in [3.63, 3.8) is 0 Å². The van der Waals surface area contributed by atoms with E-state index in [1.807, 2.05) is 34.6 Å². The van der Waals surface area contributed by atoms with Crippen LogP contribution in [0.25, 0.3) is 5.69 Å². The summed E-state index contributed by atoms with van der Waals surface area (Å²) in [6.07, 6.45) is -0.420. The molecule has 1 atom stereocenters. The molecule has 5 nitrogen and oxygen atoms in total. The van der Waals surface area contributed by atoms with Crippen molar-refractivity contribution >= 4 is 5.91 Å². The van der Waals surface area contributed by atoms with Gasteiger partial charge in [-0.25, -0.2) is 9.07 Å². The van der Waals surface area contributed by atoms with Crippen molar-refractivity contribution in [1.82, 2.24) is 15.1 Å². The number of nitrogens with one attached hydrogen (secondary N) is 1. The van der Waals surface area contributed by atoms with Gasteiger partial charge >= 0.3 is 0 Å². The van der Waals surface area contributed by atoms with Gasteiger partial charge in [0.2, 0.25) is 5.91 Å². The monoisotopic (exact) mass is 347 g/mol. The van der Waals surface area contributed by atoms with E-state index in [-0.39, 0.29) is 30.1 Å². The number of carbonyl (C=O) groups excluding carboxylic acids is 1. The lowest BCUT2D eigenvalue weighted by atomic mass is 9.89. The molecule has 0 aliphatic heterocycles. The SMILES string of the molecule is Cc1nn(-c2ccc(F)cc2)c(C)c1CC(=O)NCC(O)C(C)(C)C. The topological polar surface area (TPSA) is 67.2 Å². The number of hydrogen-bond donors (Lipinski definition) is 2. The van der Waals surface area contributed by atoms with Gasteiger partial charge < -0.3 is 10.4 Å². The Morgan fingerprint density at radius 2 is 1.88 bits per heavy atom. The molecule has 0 fully saturated rings. The second kappa shape index (κ2) is 7.35. The predicted molar refractivity (Wildman–Crippen MR) is 95.2 cm³/mol. The van der Waals surface area contributed by atoms with E-state index in [4.69, 9.17) is 0 Å². The zero-order valence-corrected chi connectivity index (χ0v) is 15.4. The molecule has 1 aromatic carbocycles. The number of aliphatic hydroxyl groups excluding tert-OH is 1. The van der Waals surface area contributed by atoms with E-state index in [2.05, 4.69) is 10.4 Å². The number of aliphatic hydroxyl groups is 1. The highest BCUT2D eigenvalue weighted by Gasteiger charge is 2.23. The smallest absolute Gasteiger partial charge is 0.224 e. The minimum atomic E-state index is -0.611. The molecular formula is C19H26FN3O2. The maximum absolute atomic E-state index is 13.1. The summed E-state index contributed by atoms with van der Waals surface area (Å²) in [5.74, 6) is -0.463. The Kier molecular flexibility index (Phi) is 5.62. The van der Waals surface area contributed by atoms with Gasteiger partial charge in [-0.2, -0.15) is 5.10 Å². The van der Waals surface area contributed by atoms with E-state index in [0.717, 1.165) is 22.6 Å². The Morgan fingerprint density at radius 3 is 2.44 bits per heavy atom. The minimum Gasteiger partial charge on any atom is -0.391 e. The van der Waals surface area contributed by atoms with Crippen molar-refractivity contribution in [2.45, 2.75) is 47.1 Å². The third-order valence-corrected chi connectivity index (χ3v) is 4.34. The first-order valence-corrected chi connectivity index (χ1v) is 8.35. The fraction of sp³-hybridized carbons (Fsp3) is 0.474. The van der Waals surface area contributed by atoms with Crippen LogP contribution >= 0.6 is 0 Å². The lowest BCUT2D eigenvalue weighted by Gasteiger charge is -2.25. The molecule has 0 aliphatic carbocycles. The van der Waals surface area contributed by atoms with Gasteiger partial charge in [0.1, 0.15) is 5.82 Å². The number of nitrogens with zero attached hydrogens (tertiary/aromatic N) is 2. The zero-order chi connectivity index (χ0) is 18.8. The Labute approximate surface area is 147 Å². The highest BCUT2D eigenvalue weighted by Crippen LogP contribution is 2.20. The molecule has 1 amide bonds. The van der Waals surface area contributed by atoms with Crippen LogP contribution in [0.2, 0.25) is 0 Å². The van der Waals surface area contributed by atoms with Crippen molar-refractivity contribution < 1.29 is 14.3 Å². The van der Waals surface area contributed by atoms with Crippen LogP contribution in [0.5, 0.6) is 0 Å². The number of rotatable bonds is 5. The highest BCUT2D eigenvalue weighted by atomic mass is 19.1. The Bertz CT molecular complexity index is 745. The van der Waals surface area contributed by atoms with Crippen LogP contribution in [0.3, 0.4) is 0 Å². The van der Waals surface area contributed by atoms with E-state index < -0.39 is 6.10 Å². The molecule has 1 aromatic heterocycles. The Morgan fingerprint density at radius 1 is 1.28 bits per heavy atom. The molecule has 1 unspecified atom stereocenters. The molecule has 1 heterocycles. The first kappa shape index (κ1) is 19.1. The fourth-order valence-electron chi connectivity index (χ4n) is 2.50. The van der Waals surface area contributed by atoms with Crippen LogP contribution < -0.4 is 5.32 Å². The summed E-state index contributed by atoms with van der Waals surface area (Å²) < 4.78 is 14.8. The molecule has 0 spiro atoms. The second-order valence-electron chi connectivity index (χ2n) is 7.40. The minimum absolute atomic E-state index is 0.159. The summed E-state index contributed by atoms with van der Waals surface area (Å²) in [5, 5.41) is 17.3. The maximum Gasteiger partial charge on any atom is 0.224 e. The van der Waals surface area contributed by atoms with Gasteiger partial charge in [0, 0.05) is 17.8 Å². The molecule has 0 saturated heterocycles. The molecule has 0 radical (unpaired) electrons. The van der Waals surface area contributed by atoms with Gasteiger partial charge in [-0.3, -0.25) is 4.79 Å². The van der Waals surface area contributed by atoms with Crippen LogP contribution in [0.15, 0.2) is 24.3 Å². The summed E-state index contributed by atoms with van der Waals surface area (Å²) in [7, 11) is 0. The zero-order valence-electron chi connectivity index (χ0n) is 15.4. The van der Waals surface area contributed by atoms with Crippen molar-refractivity contribution in [1.29, 1.82) is 0 Å². The Hall–Kier alpha value is -2.21. The van der Waals surface area contributed by atoms with Crippen LogP contribution in [0.4, 0.5) is 4.39 Å².